The van der Waals surface area contributed by atoms with E-state index >= 15 is 0 Å². The Kier molecular flexibility index (Phi) is 4.15. The van der Waals surface area contributed by atoms with Crippen molar-refractivity contribution < 1.29 is 23.4 Å². The Labute approximate surface area is 137 Å². The number of aromatic nitrogens is 1. The minimum absolute atomic E-state index is 0.335. The molecule has 23 heavy (non-hydrogen) atoms. The van der Waals surface area contributed by atoms with Crippen molar-refractivity contribution in [3.63, 3.8) is 0 Å². The summed E-state index contributed by atoms with van der Waals surface area (Å²) in [4.78, 5) is 16.5. The number of carbonyl (C=O) groups excluding carboxylic acids is 1. The molecule has 1 amide bonds. The van der Waals surface area contributed by atoms with Crippen molar-refractivity contribution in [2.24, 2.45) is 0 Å². The predicted octanol–water partition coefficient (Wildman–Crippen LogP) is 3.32. The molecule has 1 aliphatic heterocycles. The molecule has 0 bridgehead atoms. The van der Waals surface area contributed by atoms with Gasteiger partial charge in [-0.1, -0.05) is 18.2 Å². The first-order chi connectivity index (χ1) is 10.4. The summed E-state index contributed by atoms with van der Waals surface area (Å²) in [5, 5.41) is 10.4. The molecule has 2 rings (SSSR count). The number of aliphatic hydroxyl groups is 1. The summed E-state index contributed by atoms with van der Waals surface area (Å²) in [5.74, 6) is -3.81. The molecular formula is C15H17ClF2N2O3. The van der Waals surface area contributed by atoms with Gasteiger partial charge in [-0.05, 0) is 32.9 Å². The van der Waals surface area contributed by atoms with E-state index in [1.807, 2.05) is 0 Å². The number of hydrogen-bond donors (Lipinski definition) is 1. The molecule has 1 fully saturated rings. The summed E-state index contributed by atoms with van der Waals surface area (Å²) in [6.45, 7) is 7.46. The second-order valence-electron chi connectivity index (χ2n) is 6.26. The second-order valence-corrected chi connectivity index (χ2v) is 6.62. The summed E-state index contributed by atoms with van der Waals surface area (Å²) >= 11 is 5.86. The summed E-state index contributed by atoms with van der Waals surface area (Å²) in [6, 6.07) is 2.52. The average Bonchev–Trinajstić information content (AvgIpc) is 2.58. The molecule has 1 aromatic heterocycles. The molecule has 0 aromatic carbocycles. The van der Waals surface area contributed by atoms with Gasteiger partial charge in [0.2, 0.25) is 5.72 Å². The number of amides is 1. The van der Waals surface area contributed by atoms with E-state index in [4.69, 9.17) is 16.3 Å². The lowest BCUT2D eigenvalue weighted by molar-refractivity contribution is -0.207. The summed E-state index contributed by atoms with van der Waals surface area (Å²) in [6.07, 6.45) is 0.188. The van der Waals surface area contributed by atoms with E-state index in [2.05, 4.69) is 11.6 Å². The first kappa shape index (κ1) is 17.6. The molecule has 1 unspecified atom stereocenters. The molecule has 2 heterocycles. The third-order valence-corrected chi connectivity index (χ3v) is 3.67. The van der Waals surface area contributed by atoms with Crippen LogP contribution in [-0.4, -0.2) is 39.2 Å². The van der Waals surface area contributed by atoms with Crippen molar-refractivity contribution in [2.45, 2.75) is 38.0 Å². The van der Waals surface area contributed by atoms with Gasteiger partial charge in [0, 0.05) is 17.3 Å². The molecule has 8 heteroatoms. The number of hydrogen-bond acceptors (Lipinski definition) is 4. The lowest BCUT2D eigenvalue weighted by Crippen LogP contribution is -2.54. The summed E-state index contributed by atoms with van der Waals surface area (Å²) < 4.78 is 34.3. The maximum atomic E-state index is 14.6. The Hall–Kier alpha value is -1.73. The van der Waals surface area contributed by atoms with Crippen LogP contribution in [0.3, 0.4) is 0 Å². The van der Waals surface area contributed by atoms with Crippen molar-refractivity contribution >= 4 is 17.7 Å². The largest absolute Gasteiger partial charge is 0.444 e. The van der Waals surface area contributed by atoms with Crippen molar-refractivity contribution in [3.05, 3.63) is 41.2 Å². The highest BCUT2D eigenvalue weighted by Crippen LogP contribution is 2.51. The molecule has 1 N–H and O–H groups in total. The Morgan fingerprint density at radius 1 is 1.52 bits per heavy atom. The molecule has 1 saturated heterocycles. The van der Waals surface area contributed by atoms with E-state index in [0.717, 1.165) is 0 Å². The van der Waals surface area contributed by atoms with Gasteiger partial charge in [0.05, 0.1) is 6.54 Å². The van der Waals surface area contributed by atoms with Crippen LogP contribution in [-0.2, 0) is 10.5 Å². The monoisotopic (exact) mass is 346 g/mol. The molecule has 126 valence electrons. The highest BCUT2D eigenvalue weighted by molar-refractivity contribution is 6.30. The van der Waals surface area contributed by atoms with Crippen molar-refractivity contribution in [1.82, 2.24) is 9.88 Å². The average molecular weight is 347 g/mol. The van der Waals surface area contributed by atoms with Gasteiger partial charge in [-0.25, -0.2) is 9.78 Å². The Morgan fingerprint density at radius 2 is 2.13 bits per heavy atom. The maximum absolute atomic E-state index is 14.6. The van der Waals surface area contributed by atoms with Crippen LogP contribution in [0.15, 0.2) is 30.5 Å². The van der Waals surface area contributed by atoms with Gasteiger partial charge < -0.3 is 9.84 Å². The molecule has 1 aromatic rings. The second kappa shape index (κ2) is 5.42. The first-order valence-corrected chi connectivity index (χ1v) is 7.19. The topological polar surface area (TPSA) is 62.7 Å². The number of ether oxygens (including phenoxy) is 1. The van der Waals surface area contributed by atoms with Gasteiger partial charge in [0.1, 0.15) is 10.8 Å². The Morgan fingerprint density at radius 3 is 2.65 bits per heavy atom. The first-order valence-electron chi connectivity index (χ1n) is 6.81. The van der Waals surface area contributed by atoms with E-state index in [1.54, 1.807) is 20.8 Å². The van der Waals surface area contributed by atoms with Crippen LogP contribution in [0.4, 0.5) is 13.6 Å². The van der Waals surface area contributed by atoms with E-state index in [-0.39, 0.29) is 5.15 Å². The van der Waals surface area contributed by atoms with E-state index in [1.165, 1.54) is 18.3 Å². The molecule has 0 radical (unpaired) electrons. The van der Waals surface area contributed by atoms with Gasteiger partial charge in [-0.15, -0.1) is 0 Å². The summed E-state index contributed by atoms with van der Waals surface area (Å²) in [5.41, 5.74) is -4.95. The van der Waals surface area contributed by atoms with Crippen molar-refractivity contribution in [1.29, 1.82) is 0 Å². The molecular weight excluding hydrogens is 330 g/mol. The van der Waals surface area contributed by atoms with E-state index in [0.29, 0.717) is 4.90 Å². The number of nitrogens with zero attached hydrogens (tertiary/aromatic N) is 2. The van der Waals surface area contributed by atoms with Crippen LogP contribution in [0.2, 0.25) is 5.15 Å². The van der Waals surface area contributed by atoms with Crippen LogP contribution in [0.5, 0.6) is 0 Å². The lowest BCUT2D eigenvalue weighted by Gasteiger charge is -2.37. The molecule has 5 nitrogen and oxygen atoms in total. The van der Waals surface area contributed by atoms with Crippen LogP contribution in [0.25, 0.3) is 0 Å². The van der Waals surface area contributed by atoms with Gasteiger partial charge in [0.15, 0.2) is 0 Å². The Bertz CT molecular complexity index is 660. The molecule has 1 aliphatic rings. The lowest BCUT2D eigenvalue weighted by atomic mass is 9.96. The standard InChI is InChI=1S/C15H17ClF2N2O3/c1-9-8-20(12(21)23-13(2,3)4)15(22,14(9,17)18)10-6-5-7-19-11(10)16/h5-7,22H,1,8H2,2-4H3. The SMILES string of the molecule is C=C1CN(C(=O)OC(C)(C)C)C(O)(c2cccnc2Cl)C1(F)F. The number of pyridine rings is 1. The zero-order valence-electron chi connectivity index (χ0n) is 12.9. The molecule has 0 spiro atoms. The maximum Gasteiger partial charge on any atom is 0.413 e. The van der Waals surface area contributed by atoms with Crippen molar-refractivity contribution in [3.8, 4) is 0 Å². The fourth-order valence-electron chi connectivity index (χ4n) is 2.29. The molecule has 0 saturated carbocycles. The number of likely N-dealkylation sites (tertiary alicyclic amines) is 1. The quantitative estimate of drug-likeness (QED) is 0.626. The minimum Gasteiger partial charge on any atom is -0.444 e. The van der Waals surface area contributed by atoms with Gasteiger partial charge in [-0.3, -0.25) is 4.90 Å². The highest BCUT2D eigenvalue weighted by atomic mass is 35.5. The normalized spacial score (nSPS) is 24.0. The van der Waals surface area contributed by atoms with Crippen LogP contribution in [0, 0.1) is 0 Å². The molecule has 1 atom stereocenters. The smallest absolute Gasteiger partial charge is 0.413 e. The van der Waals surface area contributed by atoms with E-state index < -0.39 is 41.0 Å². The minimum atomic E-state index is -3.81. The summed E-state index contributed by atoms with van der Waals surface area (Å²) in [7, 11) is 0. The van der Waals surface area contributed by atoms with Gasteiger partial charge in [0.25, 0.3) is 0 Å². The van der Waals surface area contributed by atoms with Crippen LogP contribution < -0.4 is 0 Å². The number of rotatable bonds is 1. The zero-order valence-corrected chi connectivity index (χ0v) is 13.7. The fraction of sp³-hybridized carbons (Fsp3) is 0.467. The third-order valence-electron chi connectivity index (χ3n) is 3.37. The van der Waals surface area contributed by atoms with Crippen LogP contribution >= 0.6 is 11.6 Å². The highest BCUT2D eigenvalue weighted by Gasteiger charge is 2.67. The van der Waals surface area contributed by atoms with Gasteiger partial charge >= 0.3 is 12.0 Å². The Balaban J connectivity index is 2.57. The van der Waals surface area contributed by atoms with Gasteiger partial charge in [-0.2, -0.15) is 8.78 Å². The third kappa shape index (κ3) is 2.79. The number of carbonyl (C=O) groups is 1. The number of halogens is 3. The zero-order chi connectivity index (χ0) is 17.6. The van der Waals surface area contributed by atoms with Crippen molar-refractivity contribution in [2.75, 3.05) is 6.54 Å². The number of alkyl halides is 2. The van der Waals surface area contributed by atoms with E-state index in [9.17, 15) is 18.7 Å². The predicted molar refractivity (Wildman–Crippen MR) is 80.2 cm³/mol. The van der Waals surface area contributed by atoms with Crippen LogP contribution in [0.1, 0.15) is 26.3 Å². The molecule has 0 aliphatic carbocycles. The fourth-order valence-corrected chi connectivity index (χ4v) is 2.55.